The SMILES string of the molecule is CC1CCC(N2CCC(=O)NC2=O)C(C)C1. The van der Waals surface area contributed by atoms with E-state index in [2.05, 4.69) is 19.2 Å². The quantitative estimate of drug-likeness (QED) is 0.737. The van der Waals surface area contributed by atoms with E-state index in [0.29, 0.717) is 24.9 Å². The van der Waals surface area contributed by atoms with Crippen LogP contribution in [0.5, 0.6) is 0 Å². The maximum absolute atomic E-state index is 11.7. The molecule has 0 aromatic rings. The molecule has 0 bridgehead atoms. The van der Waals surface area contributed by atoms with Crippen molar-refractivity contribution < 1.29 is 9.59 Å². The Morgan fingerprint density at radius 3 is 2.62 bits per heavy atom. The van der Waals surface area contributed by atoms with E-state index < -0.39 is 0 Å². The molecular formula is C12H20N2O2. The van der Waals surface area contributed by atoms with Crippen LogP contribution in [0.4, 0.5) is 4.79 Å². The highest BCUT2D eigenvalue weighted by Gasteiger charge is 2.35. The Kier molecular flexibility index (Phi) is 3.17. The van der Waals surface area contributed by atoms with Crippen molar-refractivity contribution >= 4 is 11.9 Å². The molecule has 90 valence electrons. The summed E-state index contributed by atoms with van der Waals surface area (Å²) in [6.45, 7) is 5.07. The molecule has 1 aliphatic heterocycles. The second-order valence-electron chi connectivity index (χ2n) is 5.26. The zero-order valence-electron chi connectivity index (χ0n) is 10.0. The maximum atomic E-state index is 11.7. The third kappa shape index (κ3) is 2.20. The fourth-order valence-electron chi connectivity index (χ4n) is 3.01. The van der Waals surface area contributed by atoms with Crippen molar-refractivity contribution in [2.45, 2.75) is 45.6 Å². The van der Waals surface area contributed by atoms with Gasteiger partial charge >= 0.3 is 6.03 Å². The standard InChI is InChI=1S/C12H20N2O2/c1-8-3-4-10(9(2)7-8)14-6-5-11(15)13-12(14)16/h8-10H,3-7H2,1-2H3,(H,13,15,16). The van der Waals surface area contributed by atoms with Crippen LogP contribution >= 0.6 is 0 Å². The van der Waals surface area contributed by atoms with Crippen LogP contribution in [0.25, 0.3) is 0 Å². The lowest BCUT2D eigenvalue weighted by atomic mass is 9.79. The van der Waals surface area contributed by atoms with Gasteiger partial charge in [0.05, 0.1) is 0 Å². The Hall–Kier alpha value is -1.06. The van der Waals surface area contributed by atoms with E-state index in [9.17, 15) is 9.59 Å². The Morgan fingerprint density at radius 2 is 2.00 bits per heavy atom. The van der Waals surface area contributed by atoms with Crippen molar-refractivity contribution in [3.63, 3.8) is 0 Å². The van der Waals surface area contributed by atoms with Crippen LogP contribution in [0.1, 0.15) is 39.5 Å². The average molecular weight is 224 g/mol. The molecule has 4 heteroatoms. The number of carbonyl (C=O) groups is 2. The molecule has 3 amide bonds. The summed E-state index contributed by atoms with van der Waals surface area (Å²) >= 11 is 0. The van der Waals surface area contributed by atoms with Crippen molar-refractivity contribution in [3.05, 3.63) is 0 Å². The van der Waals surface area contributed by atoms with Gasteiger partial charge in [-0.25, -0.2) is 4.79 Å². The Labute approximate surface area is 96.4 Å². The van der Waals surface area contributed by atoms with Crippen molar-refractivity contribution in [1.82, 2.24) is 10.2 Å². The zero-order valence-corrected chi connectivity index (χ0v) is 10.0. The normalized spacial score (nSPS) is 36.1. The highest BCUT2D eigenvalue weighted by Crippen LogP contribution is 2.32. The van der Waals surface area contributed by atoms with Gasteiger partial charge in [0.25, 0.3) is 0 Å². The largest absolute Gasteiger partial charge is 0.324 e. The molecule has 0 aromatic heterocycles. The first-order chi connectivity index (χ1) is 7.58. The van der Waals surface area contributed by atoms with Crippen LogP contribution in [0.15, 0.2) is 0 Å². The molecule has 0 aromatic carbocycles. The van der Waals surface area contributed by atoms with E-state index in [1.807, 2.05) is 4.90 Å². The van der Waals surface area contributed by atoms with E-state index in [1.165, 1.54) is 12.8 Å². The first-order valence-electron chi connectivity index (χ1n) is 6.18. The van der Waals surface area contributed by atoms with Gasteiger partial charge in [-0.1, -0.05) is 13.8 Å². The van der Waals surface area contributed by atoms with E-state index in [4.69, 9.17) is 0 Å². The molecule has 0 radical (unpaired) electrons. The van der Waals surface area contributed by atoms with Crippen molar-refractivity contribution in [1.29, 1.82) is 0 Å². The highest BCUT2D eigenvalue weighted by molar-refractivity contribution is 5.96. The monoisotopic (exact) mass is 224 g/mol. The molecule has 0 spiro atoms. The predicted octanol–water partition coefficient (Wildman–Crippen LogP) is 1.75. The van der Waals surface area contributed by atoms with E-state index in [-0.39, 0.29) is 11.9 Å². The van der Waals surface area contributed by atoms with Crippen molar-refractivity contribution in [2.75, 3.05) is 6.54 Å². The van der Waals surface area contributed by atoms with Gasteiger partial charge in [-0.3, -0.25) is 10.1 Å². The van der Waals surface area contributed by atoms with Gasteiger partial charge in [0, 0.05) is 19.0 Å². The minimum absolute atomic E-state index is 0.141. The summed E-state index contributed by atoms with van der Waals surface area (Å²) in [6, 6.07) is 0.131. The maximum Gasteiger partial charge on any atom is 0.324 e. The number of carbonyl (C=O) groups excluding carboxylic acids is 2. The lowest BCUT2D eigenvalue weighted by Crippen LogP contribution is -2.56. The Morgan fingerprint density at radius 1 is 1.25 bits per heavy atom. The molecule has 2 fully saturated rings. The summed E-state index contributed by atoms with van der Waals surface area (Å²) in [5.41, 5.74) is 0. The average Bonchev–Trinajstić information content (AvgIpc) is 2.19. The first kappa shape index (κ1) is 11.4. The Balaban J connectivity index is 2.01. The molecule has 4 nitrogen and oxygen atoms in total. The second kappa shape index (κ2) is 4.44. The lowest BCUT2D eigenvalue weighted by molar-refractivity contribution is -0.122. The van der Waals surface area contributed by atoms with Crippen LogP contribution in [0.2, 0.25) is 0 Å². The molecule has 1 saturated heterocycles. The summed E-state index contributed by atoms with van der Waals surface area (Å²) in [5, 5.41) is 2.41. The van der Waals surface area contributed by atoms with Gasteiger partial charge in [-0.15, -0.1) is 0 Å². The van der Waals surface area contributed by atoms with Gasteiger partial charge in [-0.2, -0.15) is 0 Å². The first-order valence-corrected chi connectivity index (χ1v) is 6.18. The zero-order chi connectivity index (χ0) is 11.7. The molecule has 1 N–H and O–H groups in total. The van der Waals surface area contributed by atoms with Gasteiger partial charge in [-0.05, 0) is 31.1 Å². The number of nitrogens with zero attached hydrogens (tertiary/aromatic N) is 1. The predicted molar refractivity (Wildman–Crippen MR) is 60.8 cm³/mol. The highest BCUT2D eigenvalue weighted by atomic mass is 16.2. The summed E-state index contributed by atoms with van der Waals surface area (Å²) in [4.78, 5) is 24.7. The van der Waals surface area contributed by atoms with Crippen LogP contribution in [-0.4, -0.2) is 29.4 Å². The van der Waals surface area contributed by atoms with Gasteiger partial charge in [0.2, 0.25) is 5.91 Å². The van der Waals surface area contributed by atoms with Gasteiger partial charge in [0.1, 0.15) is 0 Å². The van der Waals surface area contributed by atoms with Crippen LogP contribution in [-0.2, 0) is 4.79 Å². The summed E-state index contributed by atoms with van der Waals surface area (Å²) in [7, 11) is 0. The van der Waals surface area contributed by atoms with Crippen molar-refractivity contribution in [2.24, 2.45) is 11.8 Å². The van der Waals surface area contributed by atoms with E-state index in [1.54, 1.807) is 0 Å². The molecule has 1 saturated carbocycles. The fraction of sp³-hybridized carbons (Fsp3) is 0.833. The Bertz CT molecular complexity index is 303. The lowest BCUT2D eigenvalue weighted by Gasteiger charge is -2.41. The number of nitrogens with one attached hydrogen (secondary N) is 1. The minimum Gasteiger partial charge on any atom is -0.321 e. The van der Waals surface area contributed by atoms with Gasteiger partial charge < -0.3 is 4.90 Å². The van der Waals surface area contributed by atoms with E-state index in [0.717, 1.165) is 12.3 Å². The third-order valence-corrected chi connectivity index (χ3v) is 3.87. The number of imide groups is 1. The molecule has 16 heavy (non-hydrogen) atoms. The summed E-state index contributed by atoms with van der Waals surface area (Å²) < 4.78 is 0. The number of urea groups is 1. The number of amides is 3. The minimum atomic E-state index is -0.192. The molecule has 2 aliphatic rings. The van der Waals surface area contributed by atoms with E-state index >= 15 is 0 Å². The van der Waals surface area contributed by atoms with Crippen LogP contribution in [0, 0.1) is 11.8 Å². The molecule has 3 atom stereocenters. The second-order valence-corrected chi connectivity index (χ2v) is 5.26. The molecular weight excluding hydrogens is 204 g/mol. The van der Waals surface area contributed by atoms with Crippen molar-refractivity contribution in [3.8, 4) is 0 Å². The molecule has 1 heterocycles. The van der Waals surface area contributed by atoms with Crippen LogP contribution in [0.3, 0.4) is 0 Å². The molecule has 3 unspecified atom stereocenters. The fourth-order valence-corrected chi connectivity index (χ4v) is 3.01. The van der Waals surface area contributed by atoms with Crippen LogP contribution < -0.4 is 5.32 Å². The van der Waals surface area contributed by atoms with Gasteiger partial charge in [0.15, 0.2) is 0 Å². The summed E-state index contributed by atoms with van der Waals surface area (Å²) in [6.07, 6.45) is 3.89. The number of hydrogen-bond donors (Lipinski definition) is 1. The molecule has 2 rings (SSSR count). The summed E-state index contributed by atoms with van der Waals surface area (Å²) in [5.74, 6) is 1.17. The topological polar surface area (TPSA) is 49.4 Å². The molecule has 1 aliphatic carbocycles. The number of hydrogen-bond acceptors (Lipinski definition) is 2. The third-order valence-electron chi connectivity index (χ3n) is 3.87. The smallest absolute Gasteiger partial charge is 0.321 e. The number of rotatable bonds is 1.